The molecule has 5 nitrogen and oxygen atoms in total. The molecule has 0 fully saturated rings. The van der Waals surface area contributed by atoms with Gasteiger partial charge in [-0.3, -0.25) is 0 Å². The Labute approximate surface area is 101 Å². The molecular weight excluding hydrogens is 262 g/mol. The van der Waals surface area contributed by atoms with Crippen LogP contribution in [0, 0.1) is 0 Å². The van der Waals surface area contributed by atoms with E-state index in [2.05, 4.69) is 5.10 Å². The van der Waals surface area contributed by atoms with Crippen LogP contribution in [0.15, 0.2) is 12.7 Å². The quantitative estimate of drug-likeness (QED) is 0.389. The maximum Gasteiger partial charge on any atom is 0.265 e. The summed E-state index contributed by atoms with van der Waals surface area (Å²) in [4.78, 5) is 0. The van der Waals surface area contributed by atoms with Gasteiger partial charge >= 0.3 is 0 Å². The standard InChI is InChI=1S/C9H18N3O2.BrH/c1-3-13-6-7-14-5-4-12-8-10-11(2)9-12;/h8-9H,3-7H2,1-2H3;1H/q+1;/p-1. The van der Waals surface area contributed by atoms with E-state index in [9.17, 15) is 0 Å². The Morgan fingerprint density at radius 2 is 2.00 bits per heavy atom. The van der Waals surface area contributed by atoms with Crippen LogP contribution in [-0.2, 0) is 23.1 Å². The van der Waals surface area contributed by atoms with Crippen molar-refractivity contribution in [3.63, 3.8) is 0 Å². The van der Waals surface area contributed by atoms with E-state index >= 15 is 0 Å². The van der Waals surface area contributed by atoms with Crippen molar-refractivity contribution in [1.82, 2.24) is 9.78 Å². The molecule has 0 aliphatic heterocycles. The average molecular weight is 280 g/mol. The van der Waals surface area contributed by atoms with Gasteiger partial charge in [-0.2, -0.15) is 0 Å². The Morgan fingerprint density at radius 1 is 1.27 bits per heavy atom. The number of hydrogen-bond acceptors (Lipinski definition) is 3. The fourth-order valence-electron chi connectivity index (χ4n) is 1.07. The lowest BCUT2D eigenvalue weighted by Gasteiger charge is -2.02. The number of nitrogens with zero attached hydrogens (tertiary/aromatic N) is 3. The van der Waals surface area contributed by atoms with Crippen molar-refractivity contribution < 1.29 is 31.0 Å². The van der Waals surface area contributed by atoms with Gasteiger partial charge in [0, 0.05) is 11.7 Å². The van der Waals surface area contributed by atoms with Crippen molar-refractivity contribution in [2.75, 3.05) is 26.4 Å². The minimum Gasteiger partial charge on any atom is -1.00 e. The second kappa shape index (κ2) is 8.82. The normalized spacial score (nSPS) is 10.0. The van der Waals surface area contributed by atoms with Crippen molar-refractivity contribution in [2.45, 2.75) is 13.5 Å². The van der Waals surface area contributed by atoms with Gasteiger partial charge < -0.3 is 26.5 Å². The molecule has 1 rings (SSSR count). The van der Waals surface area contributed by atoms with Gasteiger partial charge in [-0.15, -0.1) is 4.68 Å². The monoisotopic (exact) mass is 279 g/mol. The minimum absolute atomic E-state index is 0. The predicted molar refractivity (Wildman–Crippen MR) is 50.7 cm³/mol. The van der Waals surface area contributed by atoms with E-state index in [0.29, 0.717) is 19.8 Å². The third-order valence-electron chi connectivity index (χ3n) is 1.77. The van der Waals surface area contributed by atoms with Gasteiger partial charge in [-0.25, -0.2) is 4.57 Å². The van der Waals surface area contributed by atoms with E-state index in [4.69, 9.17) is 9.47 Å². The van der Waals surface area contributed by atoms with Crippen LogP contribution in [0.5, 0.6) is 0 Å². The smallest absolute Gasteiger partial charge is 0.265 e. The van der Waals surface area contributed by atoms with Gasteiger partial charge in [0.05, 0.1) is 33.4 Å². The van der Waals surface area contributed by atoms with Gasteiger partial charge in [-0.1, -0.05) is 0 Å². The second-order valence-electron chi connectivity index (χ2n) is 2.97. The molecule has 88 valence electrons. The van der Waals surface area contributed by atoms with Crippen LogP contribution in [0.1, 0.15) is 6.92 Å². The molecule has 0 unspecified atom stereocenters. The van der Waals surface area contributed by atoms with E-state index < -0.39 is 0 Å². The molecule has 0 spiro atoms. The molecule has 1 aromatic heterocycles. The lowest BCUT2D eigenvalue weighted by Crippen LogP contribution is -3.00. The van der Waals surface area contributed by atoms with Crippen molar-refractivity contribution in [3.8, 4) is 0 Å². The highest BCUT2D eigenvalue weighted by atomic mass is 79.9. The molecule has 6 heteroatoms. The lowest BCUT2D eigenvalue weighted by molar-refractivity contribution is -0.699. The van der Waals surface area contributed by atoms with Gasteiger partial charge in [0.2, 0.25) is 6.33 Å². The largest absolute Gasteiger partial charge is 1.00 e. The van der Waals surface area contributed by atoms with Crippen molar-refractivity contribution in [1.29, 1.82) is 0 Å². The van der Waals surface area contributed by atoms with Gasteiger partial charge in [0.1, 0.15) is 0 Å². The average Bonchev–Trinajstić information content (AvgIpc) is 2.58. The van der Waals surface area contributed by atoms with Crippen molar-refractivity contribution in [2.24, 2.45) is 7.05 Å². The molecule has 0 atom stereocenters. The first-order valence-corrected chi connectivity index (χ1v) is 4.86. The summed E-state index contributed by atoms with van der Waals surface area (Å²) in [6, 6.07) is 0. The number of aryl methyl sites for hydroxylation is 1. The molecule has 0 amide bonds. The van der Waals surface area contributed by atoms with Gasteiger partial charge in [-0.05, 0) is 6.92 Å². The zero-order valence-corrected chi connectivity index (χ0v) is 10.8. The van der Waals surface area contributed by atoms with Crippen LogP contribution in [0.25, 0.3) is 0 Å². The van der Waals surface area contributed by atoms with E-state index in [0.717, 1.165) is 13.2 Å². The summed E-state index contributed by atoms with van der Waals surface area (Å²) in [5, 5.41) is 4.04. The molecule has 0 aromatic carbocycles. The Balaban J connectivity index is 0.00000196. The molecule has 0 radical (unpaired) electrons. The fraction of sp³-hybridized carbons (Fsp3) is 0.778. The summed E-state index contributed by atoms with van der Waals surface area (Å²) < 4.78 is 14.3. The van der Waals surface area contributed by atoms with E-state index in [1.54, 1.807) is 11.0 Å². The van der Waals surface area contributed by atoms with Gasteiger partial charge in [0.25, 0.3) is 6.33 Å². The zero-order valence-electron chi connectivity index (χ0n) is 9.23. The summed E-state index contributed by atoms with van der Waals surface area (Å²) >= 11 is 0. The molecule has 0 N–H and O–H groups in total. The first-order valence-electron chi connectivity index (χ1n) is 4.86. The number of ether oxygens (including phenoxy) is 2. The Kier molecular flexibility index (Phi) is 8.55. The second-order valence-corrected chi connectivity index (χ2v) is 2.97. The predicted octanol–water partition coefficient (Wildman–Crippen LogP) is -3.24. The number of aromatic nitrogens is 3. The van der Waals surface area contributed by atoms with Crippen LogP contribution >= 0.6 is 0 Å². The first-order chi connectivity index (χ1) is 6.83. The topological polar surface area (TPSA) is 40.2 Å². The van der Waals surface area contributed by atoms with E-state index in [1.165, 1.54) is 0 Å². The van der Waals surface area contributed by atoms with Crippen molar-refractivity contribution in [3.05, 3.63) is 12.7 Å². The summed E-state index contributed by atoms with van der Waals surface area (Å²) in [6.45, 7) is 5.60. The Hall–Kier alpha value is -0.460. The van der Waals surface area contributed by atoms with Crippen LogP contribution < -0.4 is 21.5 Å². The summed E-state index contributed by atoms with van der Waals surface area (Å²) in [6.07, 6.45) is 3.71. The first kappa shape index (κ1) is 14.5. The highest BCUT2D eigenvalue weighted by molar-refractivity contribution is 4.38. The number of hydrogen-bond donors (Lipinski definition) is 0. The van der Waals surface area contributed by atoms with Crippen LogP contribution in [0.3, 0.4) is 0 Å². The molecule has 0 saturated heterocycles. The molecule has 0 bridgehead atoms. The zero-order chi connectivity index (χ0) is 10.2. The molecule has 0 aliphatic rings. The van der Waals surface area contributed by atoms with Crippen LogP contribution in [-0.4, -0.2) is 36.2 Å². The van der Waals surface area contributed by atoms with Gasteiger partial charge in [0.15, 0.2) is 0 Å². The number of halogens is 1. The summed E-state index contributed by atoms with van der Waals surface area (Å²) in [7, 11) is 1.90. The third kappa shape index (κ3) is 6.59. The third-order valence-corrected chi connectivity index (χ3v) is 1.77. The van der Waals surface area contributed by atoms with Crippen LogP contribution in [0.4, 0.5) is 0 Å². The maximum atomic E-state index is 5.37. The number of rotatable bonds is 7. The van der Waals surface area contributed by atoms with Crippen LogP contribution in [0.2, 0.25) is 0 Å². The summed E-state index contributed by atoms with van der Waals surface area (Å²) in [5.41, 5.74) is 0. The van der Waals surface area contributed by atoms with E-state index in [-0.39, 0.29) is 17.0 Å². The molecular formula is C9H18BrN3O2. The molecule has 1 heterocycles. The highest BCUT2D eigenvalue weighted by Crippen LogP contribution is 1.79. The maximum absolute atomic E-state index is 5.37. The highest BCUT2D eigenvalue weighted by Gasteiger charge is 1.99. The SMILES string of the molecule is CCOCCOCC[n+]1cnn(C)c1.[Br-]. The molecule has 1 aromatic rings. The molecule has 15 heavy (non-hydrogen) atoms. The minimum atomic E-state index is 0. The molecule has 0 saturated carbocycles. The fourth-order valence-corrected chi connectivity index (χ4v) is 1.07. The summed E-state index contributed by atoms with van der Waals surface area (Å²) in [5.74, 6) is 0. The Morgan fingerprint density at radius 3 is 2.60 bits per heavy atom. The lowest BCUT2D eigenvalue weighted by atomic mass is 10.6. The van der Waals surface area contributed by atoms with Crippen molar-refractivity contribution >= 4 is 0 Å². The Bertz CT molecular complexity index is 255. The van der Waals surface area contributed by atoms with E-state index in [1.807, 2.05) is 24.9 Å². The molecule has 0 aliphatic carbocycles.